The molecule has 0 aliphatic rings. The van der Waals surface area contributed by atoms with Gasteiger partial charge in [-0.3, -0.25) is 0 Å². The molecule has 0 saturated carbocycles. The molecule has 0 fully saturated rings. The lowest BCUT2D eigenvalue weighted by atomic mass is 10.2. The fourth-order valence-corrected chi connectivity index (χ4v) is 2.06. The highest BCUT2D eigenvalue weighted by molar-refractivity contribution is 14.1. The second-order valence-electron chi connectivity index (χ2n) is 2.36. The number of rotatable bonds is 1. The quantitative estimate of drug-likeness (QED) is 0.821. The molecule has 0 unspecified atom stereocenters. The van der Waals surface area contributed by atoms with Crippen molar-refractivity contribution in [1.82, 2.24) is 20.6 Å². The Kier molecular flexibility index (Phi) is 2.45. The molecule has 4 nitrogen and oxygen atoms in total. The maximum atomic E-state index is 5.81. The molecule has 0 aliphatic carbocycles. The standard InChI is InChI=1S/C7H4ClIN4/c8-4-1-2-5(6(9)3-4)7-10-12-13-11-7/h1-3H,(H,10,11,12,13). The van der Waals surface area contributed by atoms with Crippen LogP contribution in [0.1, 0.15) is 0 Å². The molecule has 1 aromatic carbocycles. The molecule has 0 atom stereocenters. The van der Waals surface area contributed by atoms with Gasteiger partial charge >= 0.3 is 0 Å². The highest BCUT2D eigenvalue weighted by Crippen LogP contribution is 2.24. The van der Waals surface area contributed by atoms with Crippen LogP contribution in [0.4, 0.5) is 0 Å². The normalized spacial score (nSPS) is 10.3. The number of benzene rings is 1. The monoisotopic (exact) mass is 306 g/mol. The van der Waals surface area contributed by atoms with Crippen molar-refractivity contribution < 1.29 is 0 Å². The minimum atomic E-state index is 0.584. The number of aromatic nitrogens is 4. The van der Waals surface area contributed by atoms with Crippen molar-refractivity contribution in [3.8, 4) is 11.4 Å². The Bertz CT molecular complexity index is 414. The lowest BCUT2D eigenvalue weighted by Gasteiger charge is -1.98. The van der Waals surface area contributed by atoms with Gasteiger partial charge in [-0.25, -0.2) is 0 Å². The molecule has 0 amide bonds. The molecule has 0 bridgehead atoms. The number of tetrazole rings is 1. The van der Waals surface area contributed by atoms with E-state index in [2.05, 4.69) is 43.2 Å². The number of hydrogen-bond donors (Lipinski definition) is 1. The maximum absolute atomic E-state index is 5.81. The van der Waals surface area contributed by atoms with Crippen LogP contribution in [0.15, 0.2) is 18.2 Å². The Hall–Kier alpha value is -0.690. The van der Waals surface area contributed by atoms with Gasteiger partial charge in [-0.2, -0.15) is 5.21 Å². The molecule has 2 rings (SSSR count). The molecule has 0 spiro atoms. The van der Waals surface area contributed by atoms with Gasteiger partial charge < -0.3 is 0 Å². The minimum absolute atomic E-state index is 0.584. The fraction of sp³-hybridized carbons (Fsp3) is 0. The number of nitrogens with one attached hydrogen (secondary N) is 1. The zero-order chi connectivity index (χ0) is 9.26. The van der Waals surface area contributed by atoms with E-state index in [9.17, 15) is 0 Å². The predicted molar refractivity (Wildman–Crippen MR) is 57.3 cm³/mol. The number of halogens is 2. The smallest absolute Gasteiger partial charge is 0.177 e. The van der Waals surface area contributed by atoms with E-state index in [0.717, 1.165) is 9.13 Å². The average molecular weight is 306 g/mol. The molecule has 1 heterocycles. The van der Waals surface area contributed by atoms with Crippen LogP contribution < -0.4 is 0 Å². The van der Waals surface area contributed by atoms with Gasteiger partial charge in [0.1, 0.15) is 0 Å². The van der Waals surface area contributed by atoms with Crippen LogP contribution in [0.2, 0.25) is 5.02 Å². The van der Waals surface area contributed by atoms with Crippen LogP contribution >= 0.6 is 34.2 Å². The Morgan fingerprint density at radius 3 is 2.85 bits per heavy atom. The second-order valence-corrected chi connectivity index (χ2v) is 3.96. The molecule has 66 valence electrons. The van der Waals surface area contributed by atoms with Crippen molar-refractivity contribution in [1.29, 1.82) is 0 Å². The van der Waals surface area contributed by atoms with Crippen LogP contribution in [0, 0.1) is 3.57 Å². The first-order valence-corrected chi connectivity index (χ1v) is 4.92. The molecule has 2 aromatic rings. The number of H-pyrrole nitrogens is 1. The summed E-state index contributed by atoms with van der Waals surface area (Å²) >= 11 is 7.99. The van der Waals surface area contributed by atoms with Crippen LogP contribution in [0.3, 0.4) is 0 Å². The van der Waals surface area contributed by atoms with Gasteiger partial charge in [-0.05, 0) is 46.0 Å². The molecule has 1 aromatic heterocycles. The van der Waals surface area contributed by atoms with Crippen molar-refractivity contribution in [3.63, 3.8) is 0 Å². The van der Waals surface area contributed by atoms with Gasteiger partial charge in [0.15, 0.2) is 0 Å². The number of aromatic amines is 1. The first kappa shape index (κ1) is 8.89. The molecule has 13 heavy (non-hydrogen) atoms. The van der Waals surface area contributed by atoms with Crippen LogP contribution in [0.5, 0.6) is 0 Å². The lowest BCUT2D eigenvalue weighted by Crippen LogP contribution is -1.85. The molecular weight excluding hydrogens is 302 g/mol. The Balaban J connectivity index is 2.53. The zero-order valence-corrected chi connectivity index (χ0v) is 9.24. The highest BCUT2D eigenvalue weighted by atomic mass is 127. The fourth-order valence-electron chi connectivity index (χ4n) is 0.947. The first-order chi connectivity index (χ1) is 6.27. The largest absolute Gasteiger partial charge is 0.205 e. The third-order valence-corrected chi connectivity index (χ3v) is 2.64. The summed E-state index contributed by atoms with van der Waals surface area (Å²) in [5.74, 6) is 0.584. The summed E-state index contributed by atoms with van der Waals surface area (Å²) in [4.78, 5) is 0. The molecule has 0 aliphatic heterocycles. The first-order valence-electron chi connectivity index (χ1n) is 3.46. The third-order valence-electron chi connectivity index (χ3n) is 1.52. The second kappa shape index (κ2) is 3.59. The third kappa shape index (κ3) is 1.80. The predicted octanol–water partition coefficient (Wildman–Crippen LogP) is 2.12. The van der Waals surface area contributed by atoms with E-state index in [4.69, 9.17) is 11.6 Å². The highest BCUT2D eigenvalue weighted by Gasteiger charge is 2.06. The molecule has 0 radical (unpaired) electrons. The molecule has 6 heteroatoms. The Morgan fingerprint density at radius 1 is 1.38 bits per heavy atom. The lowest BCUT2D eigenvalue weighted by molar-refractivity contribution is 0.881. The zero-order valence-electron chi connectivity index (χ0n) is 6.33. The van der Waals surface area contributed by atoms with E-state index in [-0.39, 0.29) is 0 Å². The van der Waals surface area contributed by atoms with E-state index in [1.165, 1.54) is 0 Å². The van der Waals surface area contributed by atoms with E-state index >= 15 is 0 Å². The Labute approximate surface area is 92.8 Å². The summed E-state index contributed by atoms with van der Waals surface area (Å²) in [6.07, 6.45) is 0. The van der Waals surface area contributed by atoms with Crippen LogP contribution in [0.25, 0.3) is 11.4 Å². The van der Waals surface area contributed by atoms with Gasteiger partial charge in [0, 0.05) is 14.2 Å². The summed E-state index contributed by atoms with van der Waals surface area (Å²) in [6.45, 7) is 0. The maximum Gasteiger partial charge on any atom is 0.205 e. The molecular formula is C7H4ClIN4. The summed E-state index contributed by atoms with van der Waals surface area (Å²) in [7, 11) is 0. The van der Waals surface area contributed by atoms with Crippen LogP contribution in [-0.2, 0) is 0 Å². The summed E-state index contributed by atoms with van der Waals surface area (Å²) in [6, 6.07) is 5.53. The van der Waals surface area contributed by atoms with Gasteiger partial charge in [-0.1, -0.05) is 11.6 Å². The van der Waals surface area contributed by atoms with E-state index in [0.29, 0.717) is 10.8 Å². The van der Waals surface area contributed by atoms with Crippen molar-refractivity contribution in [2.24, 2.45) is 0 Å². The van der Waals surface area contributed by atoms with Gasteiger partial charge in [0.05, 0.1) is 0 Å². The van der Waals surface area contributed by atoms with Gasteiger partial charge in [0.2, 0.25) is 5.82 Å². The SMILES string of the molecule is Clc1ccc(-c2nn[nH]n2)c(I)c1. The van der Waals surface area contributed by atoms with Crippen molar-refractivity contribution >= 4 is 34.2 Å². The summed E-state index contributed by atoms with van der Waals surface area (Å²) < 4.78 is 1.01. The minimum Gasteiger partial charge on any atom is -0.177 e. The Morgan fingerprint density at radius 2 is 2.23 bits per heavy atom. The van der Waals surface area contributed by atoms with Crippen LogP contribution in [-0.4, -0.2) is 20.6 Å². The van der Waals surface area contributed by atoms with E-state index in [1.807, 2.05) is 12.1 Å². The topological polar surface area (TPSA) is 54.5 Å². The average Bonchev–Trinajstić information content (AvgIpc) is 2.56. The summed E-state index contributed by atoms with van der Waals surface area (Å²) in [5, 5.41) is 14.4. The van der Waals surface area contributed by atoms with Gasteiger partial charge in [-0.15, -0.1) is 10.2 Å². The van der Waals surface area contributed by atoms with E-state index in [1.54, 1.807) is 6.07 Å². The van der Waals surface area contributed by atoms with Crippen molar-refractivity contribution in [2.75, 3.05) is 0 Å². The number of hydrogen-bond acceptors (Lipinski definition) is 3. The van der Waals surface area contributed by atoms with Gasteiger partial charge in [0.25, 0.3) is 0 Å². The summed E-state index contributed by atoms with van der Waals surface area (Å²) in [5.41, 5.74) is 0.929. The molecule has 1 N–H and O–H groups in total. The number of nitrogens with zero attached hydrogens (tertiary/aromatic N) is 3. The van der Waals surface area contributed by atoms with Crippen molar-refractivity contribution in [2.45, 2.75) is 0 Å². The van der Waals surface area contributed by atoms with E-state index < -0.39 is 0 Å². The molecule has 0 saturated heterocycles. The van der Waals surface area contributed by atoms with Crippen molar-refractivity contribution in [3.05, 3.63) is 26.8 Å².